The van der Waals surface area contributed by atoms with Crippen molar-refractivity contribution >= 4 is 15.5 Å². The van der Waals surface area contributed by atoms with Crippen LogP contribution in [0.2, 0.25) is 0 Å². The summed E-state index contributed by atoms with van der Waals surface area (Å²) in [5.41, 5.74) is -0.262. The van der Waals surface area contributed by atoms with Crippen molar-refractivity contribution in [2.75, 3.05) is 0 Å². The van der Waals surface area contributed by atoms with Crippen molar-refractivity contribution in [3.8, 4) is 5.75 Å². The summed E-state index contributed by atoms with van der Waals surface area (Å²) in [6, 6.07) is 12.2. The molecule has 0 radical (unpaired) electrons. The topological polar surface area (TPSA) is 97.5 Å². The number of nitro benzene ring substituents is 1. The molecule has 98 valence electrons. The van der Waals surface area contributed by atoms with Crippen molar-refractivity contribution in [3.05, 3.63) is 58.6 Å². The van der Waals surface area contributed by atoms with Gasteiger partial charge in [0.1, 0.15) is 0 Å². The van der Waals surface area contributed by atoms with E-state index < -0.39 is 14.8 Å². The molecule has 2 aromatic carbocycles. The Kier molecular flexibility index (Phi) is 3.22. The molecule has 4 rings (SSSR count). The molecular formula is C12H9NO5S. The van der Waals surface area contributed by atoms with Crippen LogP contribution in [0.3, 0.4) is 0 Å². The minimum absolute atomic E-state index is 0.262. The average Bonchev–Trinajstić information content (AvgIpc) is 2.40. The maximum Gasteiger partial charge on any atom is 0.310 e. The molecule has 19 heavy (non-hydrogen) atoms. The van der Waals surface area contributed by atoms with Crippen molar-refractivity contribution < 1.29 is 18.4 Å². The van der Waals surface area contributed by atoms with Gasteiger partial charge >= 0.3 is 5.69 Å². The maximum absolute atomic E-state index is 10.8. The molecule has 7 heteroatoms. The zero-order chi connectivity index (χ0) is 14.0. The molecule has 2 aliphatic rings. The SMILES string of the molecule is O=S1(=O)c2cccc1c2.O=[N+]([O-])c1ccccc1O. The first-order valence-corrected chi connectivity index (χ1v) is 6.69. The van der Waals surface area contributed by atoms with Gasteiger partial charge in [-0.3, -0.25) is 10.1 Å². The fourth-order valence-electron chi connectivity index (χ4n) is 1.51. The number of para-hydroxylation sites is 2. The highest BCUT2D eigenvalue weighted by molar-refractivity contribution is 7.92. The Bertz CT molecular complexity index is 707. The second kappa shape index (κ2) is 4.69. The molecule has 1 N–H and O–H groups in total. The summed E-state index contributed by atoms with van der Waals surface area (Å²) in [6.45, 7) is 0. The molecule has 0 fully saturated rings. The Morgan fingerprint density at radius 1 is 1.00 bits per heavy atom. The molecule has 0 atom stereocenters. The summed E-state index contributed by atoms with van der Waals surface area (Å²) < 4.78 is 21.7. The molecule has 0 saturated carbocycles. The van der Waals surface area contributed by atoms with Crippen LogP contribution in [-0.2, 0) is 9.84 Å². The smallest absolute Gasteiger partial charge is 0.310 e. The molecule has 0 unspecified atom stereocenters. The molecule has 2 aromatic rings. The number of nitrogens with zero attached hydrogens (tertiary/aromatic N) is 1. The Morgan fingerprint density at radius 3 is 1.89 bits per heavy atom. The fourth-order valence-corrected chi connectivity index (χ4v) is 2.67. The van der Waals surface area contributed by atoms with Gasteiger partial charge in [-0.05, 0) is 24.3 Å². The summed E-state index contributed by atoms with van der Waals surface area (Å²) in [5, 5.41) is 18.9. The van der Waals surface area contributed by atoms with E-state index in [1.54, 1.807) is 24.3 Å². The predicted octanol–water partition coefficient (Wildman–Crippen LogP) is 2.13. The molecule has 2 aliphatic heterocycles. The number of benzene rings is 2. The Balaban J connectivity index is 0.000000141. The van der Waals surface area contributed by atoms with Gasteiger partial charge in [0.15, 0.2) is 5.75 Å². The Hall–Kier alpha value is -2.41. The van der Waals surface area contributed by atoms with Crippen molar-refractivity contribution in [1.82, 2.24) is 0 Å². The number of aromatic hydroxyl groups is 1. The number of hydrogen-bond acceptors (Lipinski definition) is 5. The first-order valence-electron chi connectivity index (χ1n) is 5.20. The lowest BCUT2D eigenvalue weighted by atomic mass is 10.3. The number of fused-ring (bicyclic) bond motifs is 2. The molecule has 0 saturated heterocycles. The van der Waals surface area contributed by atoms with E-state index in [0.717, 1.165) is 0 Å². The molecule has 0 aromatic heterocycles. The van der Waals surface area contributed by atoms with Crippen LogP contribution in [0.4, 0.5) is 5.69 Å². The third-order valence-corrected chi connectivity index (χ3v) is 4.25. The normalized spacial score (nSPS) is 13.7. The number of rotatable bonds is 1. The molecule has 0 amide bonds. The Labute approximate surface area is 109 Å². The van der Waals surface area contributed by atoms with E-state index in [4.69, 9.17) is 5.11 Å². The van der Waals surface area contributed by atoms with Gasteiger partial charge in [-0.15, -0.1) is 0 Å². The van der Waals surface area contributed by atoms with Crippen LogP contribution in [0.5, 0.6) is 5.75 Å². The van der Waals surface area contributed by atoms with Gasteiger partial charge in [0.25, 0.3) is 0 Å². The lowest BCUT2D eigenvalue weighted by Gasteiger charge is -2.13. The highest BCUT2D eigenvalue weighted by Gasteiger charge is 2.26. The van der Waals surface area contributed by atoms with Gasteiger partial charge in [0, 0.05) is 6.07 Å². The van der Waals surface area contributed by atoms with Crippen LogP contribution in [0, 0.1) is 10.1 Å². The highest BCUT2D eigenvalue weighted by atomic mass is 32.2. The van der Waals surface area contributed by atoms with Crippen LogP contribution >= 0.6 is 0 Å². The Morgan fingerprint density at radius 2 is 1.58 bits per heavy atom. The second-order valence-corrected chi connectivity index (χ2v) is 5.67. The van der Waals surface area contributed by atoms with Crippen molar-refractivity contribution in [2.45, 2.75) is 9.79 Å². The van der Waals surface area contributed by atoms with E-state index >= 15 is 0 Å². The molecule has 2 heterocycles. The second-order valence-electron chi connectivity index (χ2n) is 3.72. The van der Waals surface area contributed by atoms with Crippen molar-refractivity contribution in [3.63, 3.8) is 0 Å². The van der Waals surface area contributed by atoms with Gasteiger partial charge in [-0.2, -0.15) is 0 Å². The summed E-state index contributed by atoms with van der Waals surface area (Å²) >= 11 is 0. The lowest BCUT2D eigenvalue weighted by Crippen LogP contribution is -2.10. The minimum atomic E-state index is -2.93. The van der Waals surface area contributed by atoms with Gasteiger partial charge in [-0.25, -0.2) is 8.42 Å². The van der Waals surface area contributed by atoms with Gasteiger partial charge in [0.05, 0.1) is 14.7 Å². The van der Waals surface area contributed by atoms with Gasteiger partial charge < -0.3 is 5.11 Å². The molecular weight excluding hydrogens is 270 g/mol. The lowest BCUT2D eigenvalue weighted by molar-refractivity contribution is -0.385. The first-order chi connectivity index (χ1) is 8.93. The van der Waals surface area contributed by atoms with E-state index in [2.05, 4.69) is 0 Å². The first kappa shape index (κ1) is 13.0. The summed E-state index contributed by atoms with van der Waals surface area (Å²) in [7, 11) is -2.93. The van der Waals surface area contributed by atoms with Gasteiger partial charge in [0.2, 0.25) is 9.84 Å². The van der Waals surface area contributed by atoms with E-state index in [1.165, 1.54) is 24.3 Å². The van der Waals surface area contributed by atoms with Crippen molar-refractivity contribution in [2.24, 2.45) is 0 Å². The van der Waals surface area contributed by atoms with Crippen LogP contribution in [0.15, 0.2) is 58.3 Å². The fraction of sp³-hybridized carbons (Fsp3) is 0. The van der Waals surface area contributed by atoms with Gasteiger partial charge in [-0.1, -0.05) is 18.2 Å². The molecule has 2 bridgehead atoms. The van der Waals surface area contributed by atoms with Crippen molar-refractivity contribution in [1.29, 1.82) is 0 Å². The highest BCUT2D eigenvalue weighted by Crippen LogP contribution is 2.30. The number of phenolic OH excluding ortho intramolecular Hbond substituents is 1. The standard InChI is InChI=1S/C6H5NO3.C6H4O2S/c8-6-4-2-1-3-5(6)7(9)10;7-9(8)5-2-1-3-6(9)4-5/h1-4,8H;1-4H. The van der Waals surface area contributed by atoms with Crippen LogP contribution in [0.1, 0.15) is 0 Å². The van der Waals surface area contributed by atoms with E-state index in [9.17, 15) is 18.5 Å². The quantitative estimate of drug-likeness (QED) is 0.543. The predicted molar refractivity (Wildman–Crippen MR) is 66.7 cm³/mol. The third kappa shape index (κ3) is 2.41. The number of nitro groups is 1. The van der Waals surface area contributed by atoms with E-state index in [-0.39, 0.29) is 11.4 Å². The number of phenols is 1. The monoisotopic (exact) mass is 279 g/mol. The molecule has 0 spiro atoms. The zero-order valence-corrected chi connectivity index (χ0v) is 10.4. The maximum atomic E-state index is 10.8. The van der Waals surface area contributed by atoms with Crippen LogP contribution < -0.4 is 0 Å². The van der Waals surface area contributed by atoms with E-state index in [1.807, 2.05) is 0 Å². The number of sulfone groups is 1. The average molecular weight is 279 g/mol. The minimum Gasteiger partial charge on any atom is -0.502 e. The molecule has 0 aliphatic carbocycles. The summed E-state index contributed by atoms with van der Waals surface area (Å²) in [4.78, 5) is 10.3. The largest absolute Gasteiger partial charge is 0.502 e. The van der Waals surface area contributed by atoms with Crippen LogP contribution in [-0.4, -0.2) is 18.4 Å². The number of hydrogen-bond donors (Lipinski definition) is 1. The molecule has 6 nitrogen and oxygen atoms in total. The zero-order valence-electron chi connectivity index (χ0n) is 9.55. The summed E-state index contributed by atoms with van der Waals surface area (Å²) in [6.07, 6.45) is 0. The van der Waals surface area contributed by atoms with E-state index in [0.29, 0.717) is 9.79 Å². The third-order valence-electron chi connectivity index (χ3n) is 2.50. The summed E-state index contributed by atoms with van der Waals surface area (Å²) in [5.74, 6) is -0.299. The van der Waals surface area contributed by atoms with Crippen LogP contribution in [0.25, 0.3) is 0 Å².